The van der Waals surface area contributed by atoms with Gasteiger partial charge in [-0.3, -0.25) is 9.59 Å². The van der Waals surface area contributed by atoms with Crippen LogP contribution in [0.5, 0.6) is 0 Å². The summed E-state index contributed by atoms with van der Waals surface area (Å²) >= 11 is 1.69. The van der Waals surface area contributed by atoms with Gasteiger partial charge in [-0.2, -0.15) is 0 Å². The second-order valence-corrected chi connectivity index (χ2v) is 10.7. The molecule has 1 aromatic heterocycles. The summed E-state index contributed by atoms with van der Waals surface area (Å²) in [6.45, 7) is 7.54. The van der Waals surface area contributed by atoms with Gasteiger partial charge in [0.25, 0.3) is 5.91 Å². The van der Waals surface area contributed by atoms with Crippen molar-refractivity contribution >= 4 is 23.2 Å². The van der Waals surface area contributed by atoms with Crippen molar-refractivity contribution in [2.45, 2.75) is 65.5 Å². The van der Waals surface area contributed by atoms with E-state index in [9.17, 15) is 9.59 Å². The van der Waals surface area contributed by atoms with E-state index in [4.69, 9.17) is 5.73 Å². The Kier molecular flexibility index (Phi) is 5.28. The lowest BCUT2D eigenvalue weighted by Gasteiger charge is -2.33. The fourth-order valence-electron chi connectivity index (χ4n) is 4.23. The van der Waals surface area contributed by atoms with Crippen LogP contribution in [0.15, 0.2) is 30.3 Å². The summed E-state index contributed by atoms with van der Waals surface area (Å²) in [6, 6.07) is 9.77. The van der Waals surface area contributed by atoms with Crippen molar-refractivity contribution in [3.05, 3.63) is 56.8 Å². The number of hydrogen-bond acceptors (Lipinski definition) is 3. The normalized spacial score (nSPS) is 18.9. The number of nitrogens with two attached hydrogens (primary N) is 1. The Bertz CT molecular complexity index is 919. The van der Waals surface area contributed by atoms with Crippen LogP contribution < -0.4 is 5.73 Å². The average molecular weight is 411 g/mol. The number of carbonyl (C=O) groups excluding carboxylic acids is 2. The van der Waals surface area contributed by atoms with Crippen molar-refractivity contribution in [1.29, 1.82) is 0 Å². The van der Waals surface area contributed by atoms with Crippen LogP contribution >= 0.6 is 11.3 Å². The minimum Gasteiger partial charge on any atom is -0.366 e. The van der Waals surface area contributed by atoms with Gasteiger partial charge < -0.3 is 10.6 Å². The predicted molar refractivity (Wildman–Crippen MR) is 117 cm³/mol. The van der Waals surface area contributed by atoms with E-state index >= 15 is 0 Å². The molecule has 1 atom stereocenters. The largest absolute Gasteiger partial charge is 0.366 e. The second kappa shape index (κ2) is 7.60. The summed E-state index contributed by atoms with van der Waals surface area (Å²) in [4.78, 5) is 28.9. The standard InChI is InChI=1S/C24H30N2O2S/c1-24(2,3)18-8-11-20-17(12-18)13-21(29-20)23(28)26(19-9-10-19)14-15-4-6-16(7-5-15)22(25)27/h4-7,13,18-19H,8-12,14H2,1-3H3,(H2,25,27). The summed E-state index contributed by atoms with van der Waals surface area (Å²) in [5.74, 6) is 0.401. The van der Waals surface area contributed by atoms with Gasteiger partial charge in [-0.25, -0.2) is 0 Å². The molecule has 1 unspecified atom stereocenters. The molecule has 2 amide bonds. The molecule has 4 nitrogen and oxygen atoms in total. The van der Waals surface area contributed by atoms with Gasteiger partial charge in [0.15, 0.2) is 0 Å². The zero-order valence-electron chi connectivity index (χ0n) is 17.5. The van der Waals surface area contributed by atoms with Gasteiger partial charge in [0, 0.05) is 23.0 Å². The molecular formula is C24H30N2O2S. The van der Waals surface area contributed by atoms with Crippen molar-refractivity contribution < 1.29 is 9.59 Å². The van der Waals surface area contributed by atoms with Gasteiger partial charge >= 0.3 is 0 Å². The molecule has 0 aliphatic heterocycles. The first-order valence-electron chi connectivity index (χ1n) is 10.5. The molecule has 2 aliphatic carbocycles. The smallest absolute Gasteiger partial charge is 0.264 e. The predicted octanol–water partition coefficient (Wildman–Crippen LogP) is 4.80. The maximum Gasteiger partial charge on any atom is 0.264 e. The topological polar surface area (TPSA) is 63.4 Å². The van der Waals surface area contributed by atoms with Crippen LogP contribution in [0.3, 0.4) is 0 Å². The second-order valence-electron chi connectivity index (χ2n) is 9.59. The maximum atomic E-state index is 13.4. The Morgan fingerprint density at radius 1 is 1.14 bits per heavy atom. The van der Waals surface area contributed by atoms with Crippen LogP contribution in [-0.2, 0) is 19.4 Å². The van der Waals surface area contributed by atoms with Crippen LogP contribution in [0.25, 0.3) is 0 Å². The number of thiophene rings is 1. The van der Waals surface area contributed by atoms with E-state index < -0.39 is 5.91 Å². The highest BCUT2D eigenvalue weighted by Gasteiger charge is 2.35. The molecule has 0 radical (unpaired) electrons. The van der Waals surface area contributed by atoms with Crippen molar-refractivity contribution in [3.8, 4) is 0 Å². The number of aryl methyl sites for hydroxylation is 1. The van der Waals surface area contributed by atoms with E-state index in [1.807, 2.05) is 17.0 Å². The highest BCUT2D eigenvalue weighted by molar-refractivity contribution is 7.14. The molecule has 1 saturated carbocycles. The molecule has 2 aromatic rings. The number of carbonyl (C=O) groups is 2. The molecule has 2 N–H and O–H groups in total. The van der Waals surface area contributed by atoms with Crippen molar-refractivity contribution in [2.24, 2.45) is 17.1 Å². The van der Waals surface area contributed by atoms with Crippen molar-refractivity contribution in [1.82, 2.24) is 4.90 Å². The maximum absolute atomic E-state index is 13.4. The Hall–Kier alpha value is -2.14. The number of primary amides is 1. The van der Waals surface area contributed by atoms with Gasteiger partial charge in [-0.1, -0.05) is 32.9 Å². The summed E-state index contributed by atoms with van der Waals surface area (Å²) in [5, 5.41) is 0. The zero-order valence-corrected chi connectivity index (χ0v) is 18.3. The summed E-state index contributed by atoms with van der Waals surface area (Å²) < 4.78 is 0. The third-order valence-corrected chi connectivity index (χ3v) is 7.58. The monoisotopic (exact) mass is 410 g/mol. The third-order valence-electron chi connectivity index (χ3n) is 6.36. The van der Waals surface area contributed by atoms with E-state index in [0.29, 0.717) is 29.5 Å². The molecular weight excluding hydrogens is 380 g/mol. The van der Waals surface area contributed by atoms with Crippen LogP contribution in [0, 0.1) is 11.3 Å². The summed E-state index contributed by atoms with van der Waals surface area (Å²) in [7, 11) is 0. The first kappa shape index (κ1) is 20.1. The molecule has 5 heteroatoms. The number of fused-ring (bicyclic) bond motifs is 1. The van der Waals surface area contributed by atoms with Gasteiger partial charge in [0.2, 0.25) is 5.91 Å². The van der Waals surface area contributed by atoms with Crippen molar-refractivity contribution in [3.63, 3.8) is 0 Å². The Morgan fingerprint density at radius 3 is 2.41 bits per heavy atom. The molecule has 1 heterocycles. The van der Waals surface area contributed by atoms with Gasteiger partial charge in [-0.05, 0) is 72.8 Å². The first-order chi connectivity index (χ1) is 13.7. The number of hydrogen-bond donors (Lipinski definition) is 1. The highest BCUT2D eigenvalue weighted by atomic mass is 32.1. The van der Waals surface area contributed by atoms with Crippen LogP contribution in [0.2, 0.25) is 0 Å². The fraction of sp³-hybridized carbons (Fsp3) is 0.500. The van der Waals surface area contributed by atoms with Crippen LogP contribution in [0.4, 0.5) is 0 Å². The zero-order chi connectivity index (χ0) is 20.8. The van der Waals surface area contributed by atoms with Crippen LogP contribution in [-0.4, -0.2) is 22.8 Å². The number of rotatable bonds is 5. The minimum atomic E-state index is -0.426. The Balaban J connectivity index is 1.51. The van der Waals surface area contributed by atoms with Gasteiger partial charge in [0.1, 0.15) is 0 Å². The lowest BCUT2D eigenvalue weighted by Crippen LogP contribution is -2.32. The van der Waals surface area contributed by atoms with E-state index in [1.54, 1.807) is 23.5 Å². The van der Waals surface area contributed by atoms with Crippen LogP contribution in [0.1, 0.15) is 76.1 Å². The van der Waals surface area contributed by atoms with E-state index in [1.165, 1.54) is 16.9 Å². The SMILES string of the molecule is CC(C)(C)C1CCc2sc(C(=O)N(Cc3ccc(C(N)=O)cc3)C3CC3)cc2C1. The lowest BCUT2D eigenvalue weighted by molar-refractivity contribution is 0.0734. The summed E-state index contributed by atoms with van der Waals surface area (Å²) in [6.07, 6.45) is 5.53. The third kappa shape index (κ3) is 4.40. The van der Waals surface area contributed by atoms with Gasteiger partial charge in [-0.15, -0.1) is 11.3 Å². The van der Waals surface area contributed by atoms with Gasteiger partial charge in [0.05, 0.1) is 4.88 Å². The number of amides is 2. The lowest BCUT2D eigenvalue weighted by atomic mass is 9.72. The van der Waals surface area contributed by atoms with E-state index in [-0.39, 0.29) is 5.91 Å². The molecule has 2 aliphatic rings. The van der Waals surface area contributed by atoms with Crippen molar-refractivity contribution in [2.75, 3.05) is 0 Å². The summed E-state index contributed by atoms with van der Waals surface area (Å²) in [5.41, 5.74) is 8.55. The average Bonchev–Trinajstić information content (AvgIpc) is 3.42. The quantitative estimate of drug-likeness (QED) is 0.769. The first-order valence-corrected chi connectivity index (χ1v) is 11.4. The highest BCUT2D eigenvalue weighted by Crippen LogP contribution is 2.41. The number of nitrogens with zero attached hydrogens (tertiary/aromatic N) is 1. The van der Waals surface area contributed by atoms with E-state index in [2.05, 4.69) is 26.8 Å². The molecule has 29 heavy (non-hydrogen) atoms. The fourth-order valence-corrected chi connectivity index (χ4v) is 5.40. The Morgan fingerprint density at radius 2 is 1.83 bits per heavy atom. The molecule has 1 fully saturated rings. The molecule has 4 rings (SSSR count). The molecule has 154 valence electrons. The molecule has 0 spiro atoms. The Labute approximate surface area is 177 Å². The number of benzene rings is 1. The molecule has 0 saturated heterocycles. The minimum absolute atomic E-state index is 0.151. The van der Waals surface area contributed by atoms with E-state index in [0.717, 1.165) is 36.1 Å². The molecule has 1 aromatic carbocycles. The molecule has 0 bridgehead atoms.